The second-order valence-corrected chi connectivity index (χ2v) is 3.27. The van der Waals surface area contributed by atoms with Crippen molar-refractivity contribution in [1.82, 2.24) is 5.32 Å². The van der Waals surface area contributed by atoms with E-state index >= 15 is 0 Å². The molecular weight excluding hydrogens is 176 g/mol. The van der Waals surface area contributed by atoms with Crippen molar-refractivity contribution < 1.29 is 20.4 Å². The van der Waals surface area contributed by atoms with E-state index in [0.717, 1.165) is 0 Å². The lowest BCUT2D eigenvalue weighted by molar-refractivity contribution is -0.117. The second-order valence-electron chi connectivity index (χ2n) is 3.27. The molecule has 6 heteroatoms. The minimum atomic E-state index is -1.26. The van der Waals surface area contributed by atoms with E-state index in [1.807, 2.05) is 0 Å². The van der Waals surface area contributed by atoms with Gasteiger partial charge in [-0.15, -0.1) is 0 Å². The Labute approximate surface area is 76.0 Å². The summed E-state index contributed by atoms with van der Waals surface area (Å²) in [6.07, 6.45) is -3.52. The van der Waals surface area contributed by atoms with Crippen molar-refractivity contribution in [2.45, 2.75) is 30.4 Å². The molecular formula is C7H16N2O4. The Morgan fingerprint density at radius 2 is 1.54 bits per heavy atom. The molecule has 7 N–H and O–H groups in total. The van der Waals surface area contributed by atoms with E-state index < -0.39 is 30.4 Å². The molecule has 0 radical (unpaired) electrons. The average Bonchev–Trinajstić information content (AvgIpc) is 2.15. The van der Waals surface area contributed by atoms with Gasteiger partial charge in [0.25, 0.3) is 0 Å². The van der Waals surface area contributed by atoms with Crippen molar-refractivity contribution in [3.8, 4) is 0 Å². The van der Waals surface area contributed by atoms with Gasteiger partial charge in [0.1, 0.15) is 6.10 Å². The maximum absolute atomic E-state index is 9.39. The van der Waals surface area contributed by atoms with Gasteiger partial charge in [-0.1, -0.05) is 0 Å². The lowest BCUT2D eigenvalue weighted by Crippen LogP contribution is -2.67. The van der Waals surface area contributed by atoms with Crippen LogP contribution in [0.1, 0.15) is 0 Å². The average molecular weight is 192 g/mol. The summed E-state index contributed by atoms with van der Waals surface area (Å²) in [7, 11) is 0. The SMILES string of the molecule is NC[C@H]1N[C@H](CO)[C@@H](O)[C@H](O)[C@@H]1O. The minimum absolute atomic E-state index is 0.140. The normalized spacial score (nSPS) is 46.4. The van der Waals surface area contributed by atoms with Crippen molar-refractivity contribution in [1.29, 1.82) is 0 Å². The van der Waals surface area contributed by atoms with E-state index in [2.05, 4.69) is 5.32 Å². The highest BCUT2D eigenvalue weighted by Gasteiger charge is 2.41. The summed E-state index contributed by atoms with van der Waals surface area (Å²) >= 11 is 0. The van der Waals surface area contributed by atoms with Gasteiger partial charge in [0, 0.05) is 12.6 Å². The fraction of sp³-hybridized carbons (Fsp3) is 1.00. The molecule has 1 saturated heterocycles. The predicted octanol–water partition coefficient (Wildman–Crippen LogP) is -3.64. The zero-order valence-electron chi connectivity index (χ0n) is 7.17. The Balaban J connectivity index is 2.66. The Morgan fingerprint density at radius 3 is 2.00 bits per heavy atom. The van der Waals surface area contributed by atoms with Crippen LogP contribution in [0.25, 0.3) is 0 Å². The monoisotopic (exact) mass is 192 g/mol. The molecule has 1 rings (SSSR count). The number of hydrogen-bond donors (Lipinski definition) is 6. The first kappa shape index (κ1) is 10.8. The van der Waals surface area contributed by atoms with Gasteiger partial charge in [-0.05, 0) is 0 Å². The number of aliphatic hydroxyl groups is 4. The van der Waals surface area contributed by atoms with Gasteiger partial charge in [0.15, 0.2) is 0 Å². The highest BCUT2D eigenvalue weighted by atomic mass is 16.4. The Kier molecular flexibility index (Phi) is 3.60. The number of aliphatic hydroxyl groups excluding tert-OH is 4. The lowest BCUT2D eigenvalue weighted by Gasteiger charge is -2.40. The smallest absolute Gasteiger partial charge is 0.109 e. The fourth-order valence-electron chi connectivity index (χ4n) is 1.52. The number of nitrogens with one attached hydrogen (secondary N) is 1. The summed E-state index contributed by atoms with van der Waals surface area (Å²) in [5, 5.41) is 39.6. The van der Waals surface area contributed by atoms with Crippen LogP contribution in [0.15, 0.2) is 0 Å². The third kappa shape index (κ3) is 1.98. The number of hydrogen-bond acceptors (Lipinski definition) is 6. The molecule has 5 atom stereocenters. The van der Waals surface area contributed by atoms with Gasteiger partial charge in [-0.3, -0.25) is 0 Å². The molecule has 1 aliphatic heterocycles. The van der Waals surface area contributed by atoms with E-state index in [4.69, 9.17) is 10.8 Å². The first-order valence-corrected chi connectivity index (χ1v) is 4.23. The van der Waals surface area contributed by atoms with E-state index in [-0.39, 0.29) is 13.2 Å². The molecule has 0 spiro atoms. The molecule has 0 aliphatic carbocycles. The second kappa shape index (κ2) is 4.32. The first-order valence-electron chi connectivity index (χ1n) is 4.23. The Hall–Kier alpha value is -0.240. The Morgan fingerprint density at radius 1 is 1.00 bits per heavy atom. The van der Waals surface area contributed by atoms with Crippen molar-refractivity contribution in [2.24, 2.45) is 5.73 Å². The van der Waals surface area contributed by atoms with Crippen LogP contribution in [0.4, 0.5) is 0 Å². The van der Waals surface area contributed by atoms with Crippen LogP contribution in [-0.2, 0) is 0 Å². The zero-order chi connectivity index (χ0) is 10.0. The summed E-state index contributed by atoms with van der Waals surface area (Å²) < 4.78 is 0. The van der Waals surface area contributed by atoms with Gasteiger partial charge in [-0.2, -0.15) is 0 Å². The molecule has 6 nitrogen and oxygen atoms in total. The highest BCUT2D eigenvalue weighted by molar-refractivity contribution is 4.98. The molecule has 13 heavy (non-hydrogen) atoms. The molecule has 0 saturated carbocycles. The first-order chi connectivity index (χ1) is 6.11. The van der Waals surface area contributed by atoms with E-state index in [0.29, 0.717) is 0 Å². The van der Waals surface area contributed by atoms with Crippen molar-refractivity contribution in [2.75, 3.05) is 13.2 Å². The van der Waals surface area contributed by atoms with Crippen molar-refractivity contribution >= 4 is 0 Å². The van der Waals surface area contributed by atoms with E-state index in [1.54, 1.807) is 0 Å². The van der Waals surface area contributed by atoms with Crippen LogP contribution < -0.4 is 11.1 Å². The molecule has 1 fully saturated rings. The predicted molar refractivity (Wildman–Crippen MR) is 44.9 cm³/mol. The number of nitrogens with two attached hydrogens (primary N) is 1. The van der Waals surface area contributed by atoms with Crippen LogP contribution in [0.3, 0.4) is 0 Å². The third-order valence-electron chi connectivity index (χ3n) is 2.40. The van der Waals surface area contributed by atoms with Gasteiger partial charge >= 0.3 is 0 Å². The summed E-state index contributed by atoms with van der Waals surface area (Å²) in [5.41, 5.74) is 5.32. The third-order valence-corrected chi connectivity index (χ3v) is 2.40. The Bertz CT molecular complexity index is 149. The molecule has 0 aromatic carbocycles. The molecule has 1 aliphatic rings. The quantitative estimate of drug-likeness (QED) is 0.268. The van der Waals surface area contributed by atoms with E-state index in [1.165, 1.54) is 0 Å². The summed E-state index contributed by atoms with van der Waals surface area (Å²) in [4.78, 5) is 0. The fourth-order valence-corrected chi connectivity index (χ4v) is 1.52. The lowest BCUT2D eigenvalue weighted by atomic mass is 9.90. The summed E-state index contributed by atoms with van der Waals surface area (Å²) in [5.74, 6) is 0. The molecule has 1 heterocycles. The molecule has 0 unspecified atom stereocenters. The van der Waals surface area contributed by atoms with Crippen LogP contribution in [0.5, 0.6) is 0 Å². The molecule has 0 aromatic heterocycles. The van der Waals surface area contributed by atoms with Crippen molar-refractivity contribution in [3.05, 3.63) is 0 Å². The van der Waals surface area contributed by atoms with Crippen LogP contribution in [0, 0.1) is 0 Å². The van der Waals surface area contributed by atoms with Gasteiger partial charge in [0.2, 0.25) is 0 Å². The number of rotatable bonds is 2. The van der Waals surface area contributed by atoms with Gasteiger partial charge in [0.05, 0.1) is 24.9 Å². The maximum atomic E-state index is 9.39. The highest BCUT2D eigenvalue weighted by Crippen LogP contribution is 2.14. The maximum Gasteiger partial charge on any atom is 0.109 e. The molecule has 0 amide bonds. The zero-order valence-corrected chi connectivity index (χ0v) is 7.17. The summed E-state index contributed by atoms with van der Waals surface area (Å²) in [6, 6.07) is -1.12. The van der Waals surface area contributed by atoms with Crippen molar-refractivity contribution in [3.63, 3.8) is 0 Å². The van der Waals surface area contributed by atoms with Gasteiger partial charge in [-0.25, -0.2) is 0 Å². The van der Waals surface area contributed by atoms with Gasteiger partial charge < -0.3 is 31.5 Å². The molecule has 78 valence electrons. The molecule has 0 aromatic rings. The van der Waals surface area contributed by atoms with Crippen LogP contribution >= 0.6 is 0 Å². The van der Waals surface area contributed by atoms with E-state index in [9.17, 15) is 15.3 Å². The molecule has 0 bridgehead atoms. The van der Waals surface area contributed by atoms with Crippen LogP contribution in [-0.4, -0.2) is 64.0 Å². The standard InChI is InChI=1S/C7H16N2O4/c8-1-3-5(11)7(13)6(12)4(2-10)9-3/h3-7,9-13H,1-2,8H2/t3-,4-,5-,6-,7-/m1/s1. The summed E-state index contributed by atoms with van der Waals surface area (Å²) in [6.45, 7) is -0.164. The van der Waals surface area contributed by atoms with Crippen LogP contribution in [0.2, 0.25) is 0 Å². The number of piperidine rings is 1. The minimum Gasteiger partial charge on any atom is -0.395 e. The largest absolute Gasteiger partial charge is 0.395 e. The topological polar surface area (TPSA) is 119 Å².